The van der Waals surface area contributed by atoms with Crippen molar-refractivity contribution in [3.05, 3.63) is 29.8 Å². The van der Waals surface area contributed by atoms with Gasteiger partial charge in [0.1, 0.15) is 5.75 Å². The lowest BCUT2D eigenvalue weighted by molar-refractivity contribution is -0.122. The molecule has 0 aromatic heterocycles. The van der Waals surface area contributed by atoms with Gasteiger partial charge in [-0.05, 0) is 12.5 Å². The molecule has 0 saturated heterocycles. The third-order valence-corrected chi connectivity index (χ3v) is 2.73. The van der Waals surface area contributed by atoms with Crippen molar-refractivity contribution in [2.24, 2.45) is 17.4 Å². The van der Waals surface area contributed by atoms with Crippen LogP contribution in [0.15, 0.2) is 24.3 Å². The van der Waals surface area contributed by atoms with Gasteiger partial charge in [-0.1, -0.05) is 32.0 Å². The number of nitrogens with two attached hydrogens (primary N) is 2. The molecule has 4 nitrogen and oxygen atoms in total. The minimum absolute atomic E-state index is 0.0462. The molecular formula is C13H20N2O2. The van der Waals surface area contributed by atoms with Gasteiger partial charge in [-0.2, -0.15) is 0 Å². The monoisotopic (exact) mass is 236 g/mol. The number of benzene rings is 1. The summed E-state index contributed by atoms with van der Waals surface area (Å²) in [5.74, 6) is 0.0677. The van der Waals surface area contributed by atoms with Crippen LogP contribution in [0, 0.1) is 5.92 Å². The van der Waals surface area contributed by atoms with Crippen molar-refractivity contribution in [1.82, 2.24) is 0 Å². The van der Waals surface area contributed by atoms with Gasteiger partial charge in [0.05, 0.1) is 12.5 Å². The van der Waals surface area contributed by atoms with Crippen LogP contribution < -0.4 is 16.2 Å². The van der Waals surface area contributed by atoms with Crippen molar-refractivity contribution in [2.75, 3.05) is 6.61 Å². The van der Waals surface area contributed by atoms with Crippen LogP contribution in [0.2, 0.25) is 0 Å². The number of hydrogen-bond acceptors (Lipinski definition) is 3. The first kappa shape index (κ1) is 13.5. The highest BCUT2D eigenvalue weighted by atomic mass is 16.5. The Kier molecular flexibility index (Phi) is 4.97. The molecule has 0 aliphatic rings. The highest BCUT2D eigenvalue weighted by Gasteiger charge is 2.13. The van der Waals surface area contributed by atoms with Crippen LogP contribution in [-0.4, -0.2) is 12.5 Å². The SMILES string of the molecule is CC[C@@H](N)c1ccccc1OCC(C)C(N)=O. The Hall–Kier alpha value is -1.55. The predicted molar refractivity (Wildman–Crippen MR) is 67.5 cm³/mol. The topological polar surface area (TPSA) is 78.3 Å². The summed E-state index contributed by atoms with van der Waals surface area (Å²) < 4.78 is 5.60. The molecule has 1 unspecified atom stereocenters. The van der Waals surface area contributed by atoms with Crippen molar-refractivity contribution >= 4 is 5.91 Å². The summed E-state index contributed by atoms with van der Waals surface area (Å²) in [6, 6.07) is 7.57. The van der Waals surface area contributed by atoms with Gasteiger partial charge in [-0.3, -0.25) is 4.79 Å². The molecule has 2 atom stereocenters. The highest BCUT2D eigenvalue weighted by Crippen LogP contribution is 2.25. The van der Waals surface area contributed by atoms with Gasteiger partial charge in [-0.15, -0.1) is 0 Å². The second-order valence-corrected chi connectivity index (χ2v) is 4.17. The zero-order valence-corrected chi connectivity index (χ0v) is 10.3. The van der Waals surface area contributed by atoms with Gasteiger partial charge in [0.2, 0.25) is 5.91 Å². The molecule has 0 aliphatic heterocycles. The molecule has 1 rings (SSSR count). The lowest BCUT2D eigenvalue weighted by Gasteiger charge is -2.16. The van der Waals surface area contributed by atoms with E-state index in [4.69, 9.17) is 16.2 Å². The summed E-state index contributed by atoms with van der Waals surface area (Å²) in [5.41, 5.74) is 12.1. The standard InChI is InChI=1S/C13H20N2O2/c1-3-11(14)10-6-4-5-7-12(10)17-8-9(2)13(15)16/h4-7,9,11H,3,8,14H2,1-2H3,(H2,15,16)/t9?,11-/m1/s1. The molecule has 0 heterocycles. The van der Waals surface area contributed by atoms with Crippen molar-refractivity contribution < 1.29 is 9.53 Å². The molecule has 1 aromatic rings. The average molecular weight is 236 g/mol. The molecule has 0 bridgehead atoms. The Morgan fingerprint density at radius 1 is 1.41 bits per heavy atom. The second kappa shape index (κ2) is 6.25. The van der Waals surface area contributed by atoms with Gasteiger partial charge >= 0.3 is 0 Å². The molecule has 0 aliphatic carbocycles. The van der Waals surface area contributed by atoms with Crippen molar-refractivity contribution in [3.8, 4) is 5.75 Å². The fraction of sp³-hybridized carbons (Fsp3) is 0.462. The van der Waals surface area contributed by atoms with E-state index in [1.807, 2.05) is 31.2 Å². The van der Waals surface area contributed by atoms with E-state index in [9.17, 15) is 4.79 Å². The first-order chi connectivity index (χ1) is 8.06. The summed E-state index contributed by atoms with van der Waals surface area (Å²) >= 11 is 0. The Bertz CT molecular complexity index is 379. The fourth-order valence-corrected chi connectivity index (χ4v) is 1.44. The minimum Gasteiger partial charge on any atom is -0.492 e. The van der Waals surface area contributed by atoms with Crippen LogP contribution in [0.1, 0.15) is 31.9 Å². The Labute approximate surface area is 102 Å². The quantitative estimate of drug-likeness (QED) is 0.787. The van der Waals surface area contributed by atoms with E-state index < -0.39 is 0 Å². The van der Waals surface area contributed by atoms with Crippen molar-refractivity contribution in [3.63, 3.8) is 0 Å². The van der Waals surface area contributed by atoms with Gasteiger partial charge in [-0.25, -0.2) is 0 Å². The zero-order chi connectivity index (χ0) is 12.8. The van der Waals surface area contributed by atoms with Crippen LogP contribution in [0.5, 0.6) is 5.75 Å². The number of rotatable bonds is 6. The maximum absolute atomic E-state index is 10.9. The summed E-state index contributed by atoms with van der Waals surface area (Å²) in [4.78, 5) is 10.9. The van der Waals surface area contributed by atoms with E-state index in [0.717, 1.165) is 17.7 Å². The Morgan fingerprint density at radius 3 is 2.65 bits per heavy atom. The minimum atomic E-state index is -0.359. The van der Waals surface area contributed by atoms with E-state index in [2.05, 4.69) is 0 Å². The summed E-state index contributed by atoms with van der Waals surface area (Å²) in [5, 5.41) is 0. The Balaban J connectivity index is 2.73. The maximum atomic E-state index is 10.9. The number of amides is 1. The first-order valence-corrected chi connectivity index (χ1v) is 5.82. The van der Waals surface area contributed by atoms with Gasteiger partial charge < -0.3 is 16.2 Å². The summed E-state index contributed by atoms with van der Waals surface area (Å²) in [6.45, 7) is 4.04. The molecule has 17 heavy (non-hydrogen) atoms. The number of hydrogen-bond donors (Lipinski definition) is 2. The second-order valence-electron chi connectivity index (χ2n) is 4.17. The molecule has 0 spiro atoms. The van der Waals surface area contributed by atoms with Crippen LogP contribution in [0.4, 0.5) is 0 Å². The van der Waals surface area contributed by atoms with Crippen molar-refractivity contribution in [2.45, 2.75) is 26.3 Å². The first-order valence-electron chi connectivity index (χ1n) is 5.82. The van der Waals surface area contributed by atoms with Crippen molar-refractivity contribution in [1.29, 1.82) is 0 Å². The lowest BCUT2D eigenvalue weighted by atomic mass is 10.0. The van der Waals surface area contributed by atoms with E-state index >= 15 is 0 Å². The number of ether oxygens (including phenoxy) is 1. The number of carbonyl (C=O) groups is 1. The maximum Gasteiger partial charge on any atom is 0.223 e. The zero-order valence-electron chi connectivity index (χ0n) is 10.3. The molecule has 4 N–H and O–H groups in total. The van der Waals surface area contributed by atoms with Crippen LogP contribution in [0.25, 0.3) is 0 Å². The van der Waals surface area contributed by atoms with Crippen LogP contribution in [0.3, 0.4) is 0 Å². The normalized spacial score (nSPS) is 14.1. The van der Waals surface area contributed by atoms with Crippen LogP contribution >= 0.6 is 0 Å². The molecule has 1 aromatic carbocycles. The van der Waals surface area contributed by atoms with E-state index in [1.165, 1.54) is 0 Å². The summed E-state index contributed by atoms with van der Waals surface area (Å²) in [7, 11) is 0. The number of carbonyl (C=O) groups excluding carboxylic acids is 1. The third kappa shape index (κ3) is 3.75. The molecule has 0 fully saturated rings. The molecular weight excluding hydrogens is 216 g/mol. The number of para-hydroxylation sites is 1. The molecule has 0 radical (unpaired) electrons. The third-order valence-electron chi connectivity index (χ3n) is 2.73. The molecule has 1 amide bonds. The predicted octanol–water partition coefficient (Wildman–Crippen LogP) is 1.60. The largest absolute Gasteiger partial charge is 0.492 e. The van der Waals surface area contributed by atoms with Crippen LogP contribution in [-0.2, 0) is 4.79 Å². The smallest absolute Gasteiger partial charge is 0.223 e. The van der Waals surface area contributed by atoms with Gasteiger partial charge in [0, 0.05) is 11.6 Å². The Morgan fingerprint density at radius 2 is 2.06 bits per heavy atom. The fourth-order valence-electron chi connectivity index (χ4n) is 1.44. The van der Waals surface area contributed by atoms with E-state index in [-0.39, 0.29) is 24.5 Å². The van der Waals surface area contributed by atoms with E-state index in [0.29, 0.717) is 0 Å². The molecule has 4 heteroatoms. The van der Waals surface area contributed by atoms with Gasteiger partial charge in [0.25, 0.3) is 0 Å². The van der Waals surface area contributed by atoms with E-state index in [1.54, 1.807) is 6.92 Å². The number of primary amides is 1. The lowest BCUT2D eigenvalue weighted by Crippen LogP contribution is -2.26. The summed E-state index contributed by atoms with van der Waals surface area (Å²) in [6.07, 6.45) is 0.839. The molecule has 94 valence electrons. The highest BCUT2D eigenvalue weighted by molar-refractivity contribution is 5.76. The van der Waals surface area contributed by atoms with Gasteiger partial charge in [0.15, 0.2) is 0 Å². The average Bonchev–Trinajstić information content (AvgIpc) is 2.35. The molecule has 0 saturated carbocycles.